The molecule has 2 nitrogen and oxygen atoms in total. The lowest BCUT2D eigenvalue weighted by Crippen LogP contribution is -2.14. The number of allylic oxidation sites excluding steroid dienone is 1. The van der Waals surface area contributed by atoms with Gasteiger partial charge in [0.05, 0.1) is 0 Å². The molecule has 0 saturated heterocycles. The van der Waals surface area contributed by atoms with Crippen LogP contribution in [0, 0.1) is 0 Å². The Morgan fingerprint density at radius 1 is 1.41 bits per heavy atom. The van der Waals surface area contributed by atoms with Crippen LogP contribution in [0.3, 0.4) is 0 Å². The van der Waals surface area contributed by atoms with E-state index in [-0.39, 0.29) is 5.91 Å². The highest BCUT2D eigenvalue weighted by molar-refractivity contribution is 5.98. The van der Waals surface area contributed by atoms with Crippen molar-refractivity contribution in [2.75, 3.05) is 0 Å². The summed E-state index contributed by atoms with van der Waals surface area (Å²) in [5.41, 5.74) is 9.63. The van der Waals surface area contributed by atoms with Crippen molar-refractivity contribution in [1.29, 1.82) is 0 Å². The maximum atomic E-state index is 11.5. The van der Waals surface area contributed by atoms with Crippen molar-refractivity contribution in [3.63, 3.8) is 0 Å². The average molecular weight is 229 g/mol. The first-order valence-electron chi connectivity index (χ1n) is 6.28. The normalized spacial score (nSPS) is 17.2. The summed E-state index contributed by atoms with van der Waals surface area (Å²) in [6.07, 6.45) is 7.48. The fraction of sp³-hybridized carbons (Fsp3) is 0.400. The molecule has 1 aliphatic carbocycles. The molecule has 0 spiro atoms. The number of hydrogen-bond donors (Lipinski definition) is 1. The molecule has 0 aromatic heterocycles. The van der Waals surface area contributed by atoms with E-state index in [0.717, 1.165) is 24.8 Å². The van der Waals surface area contributed by atoms with E-state index in [9.17, 15) is 4.79 Å². The summed E-state index contributed by atoms with van der Waals surface area (Å²) in [5, 5.41) is 0. The zero-order valence-corrected chi connectivity index (χ0v) is 10.5. The SMILES string of the molecule is CCCCc1cc(C(N)=O)c2c(c1)C(C)C=C2. The van der Waals surface area contributed by atoms with Crippen molar-refractivity contribution in [2.24, 2.45) is 5.73 Å². The topological polar surface area (TPSA) is 43.1 Å². The predicted octanol–water partition coefficient (Wildman–Crippen LogP) is 3.26. The molecule has 1 aliphatic rings. The van der Waals surface area contributed by atoms with Crippen molar-refractivity contribution < 1.29 is 4.79 Å². The van der Waals surface area contributed by atoms with Gasteiger partial charge in [-0.05, 0) is 41.5 Å². The number of fused-ring (bicyclic) bond motifs is 1. The second-order valence-electron chi connectivity index (χ2n) is 4.76. The summed E-state index contributed by atoms with van der Waals surface area (Å²) in [7, 11) is 0. The Morgan fingerprint density at radius 3 is 2.82 bits per heavy atom. The van der Waals surface area contributed by atoms with E-state index < -0.39 is 0 Å². The van der Waals surface area contributed by atoms with Crippen LogP contribution >= 0.6 is 0 Å². The number of hydrogen-bond acceptors (Lipinski definition) is 1. The van der Waals surface area contributed by atoms with Gasteiger partial charge in [-0.15, -0.1) is 0 Å². The second-order valence-corrected chi connectivity index (χ2v) is 4.76. The summed E-state index contributed by atoms with van der Waals surface area (Å²) in [6.45, 7) is 4.32. The Bertz CT molecular complexity index is 474. The smallest absolute Gasteiger partial charge is 0.249 e. The van der Waals surface area contributed by atoms with Gasteiger partial charge >= 0.3 is 0 Å². The van der Waals surface area contributed by atoms with E-state index in [1.54, 1.807) is 0 Å². The van der Waals surface area contributed by atoms with Gasteiger partial charge in [0.15, 0.2) is 0 Å². The Balaban J connectivity index is 2.44. The zero-order chi connectivity index (χ0) is 12.4. The maximum absolute atomic E-state index is 11.5. The number of aryl methyl sites for hydroxylation is 1. The largest absolute Gasteiger partial charge is 0.366 e. The number of benzene rings is 1. The molecule has 17 heavy (non-hydrogen) atoms. The fourth-order valence-corrected chi connectivity index (χ4v) is 2.37. The summed E-state index contributed by atoms with van der Waals surface area (Å²) < 4.78 is 0. The van der Waals surface area contributed by atoms with E-state index in [0.29, 0.717) is 11.5 Å². The zero-order valence-electron chi connectivity index (χ0n) is 10.5. The van der Waals surface area contributed by atoms with Gasteiger partial charge in [-0.25, -0.2) is 0 Å². The van der Waals surface area contributed by atoms with Crippen LogP contribution in [0.4, 0.5) is 0 Å². The van der Waals surface area contributed by atoms with Crippen LogP contribution in [0.1, 0.15) is 59.7 Å². The van der Waals surface area contributed by atoms with Crippen LogP contribution < -0.4 is 5.73 Å². The molecule has 90 valence electrons. The molecule has 2 rings (SSSR count). The number of carbonyl (C=O) groups excluding carboxylic acids is 1. The Hall–Kier alpha value is -1.57. The molecule has 1 amide bonds. The van der Waals surface area contributed by atoms with Crippen molar-refractivity contribution >= 4 is 12.0 Å². The van der Waals surface area contributed by atoms with Crippen molar-refractivity contribution in [3.05, 3.63) is 40.5 Å². The van der Waals surface area contributed by atoms with Gasteiger partial charge in [-0.3, -0.25) is 4.79 Å². The highest BCUT2D eigenvalue weighted by atomic mass is 16.1. The molecule has 1 unspecified atom stereocenters. The highest BCUT2D eigenvalue weighted by Gasteiger charge is 2.19. The lowest BCUT2D eigenvalue weighted by molar-refractivity contribution is 0.1000. The van der Waals surface area contributed by atoms with Crippen molar-refractivity contribution in [1.82, 2.24) is 0 Å². The molecule has 0 aliphatic heterocycles. The van der Waals surface area contributed by atoms with E-state index in [2.05, 4.69) is 26.0 Å². The van der Waals surface area contributed by atoms with Crippen LogP contribution in [0.5, 0.6) is 0 Å². The first-order chi connectivity index (χ1) is 8.13. The molecule has 0 fully saturated rings. The third-order valence-electron chi connectivity index (χ3n) is 3.40. The molecule has 0 saturated carbocycles. The monoisotopic (exact) mass is 229 g/mol. The van der Waals surface area contributed by atoms with E-state index in [1.165, 1.54) is 11.1 Å². The maximum Gasteiger partial charge on any atom is 0.249 e. The molecule has 2 heteroatoms. The average Bonchev–Trinajstić information content (AvgIpc) is 2.67. The van der Waals surface area contributed by atoms with Crippen molar-refractivity contribution in [3.8, 4) is 0 Å². The number of nitrogens with two attached hydrogens (primary N) is 1. The van der Waals surface area contributed by atoms with Gasteiger partial charge in [-0.1, -0.05) is 38.5 Å². The summed E-state index contributed by atoms with van der Waals surface area (Å²) in [5.74, 6) is 0.0722. The van der Waals surface area contributed by atoms with Crippen LogP contribution in [-0.2, 0) is 6.42 Å². The third kappa shape index (κ3) is 2.26. The van der Waals surface area contributed by atoms with E-state index in [4.69, 9.17) is 5.73 Å². The summed E-state index contributed by atoms with van der Waals surface area (Å²) in [6, 6.07) is 4.18. The van der Waals surface area contributed by atoms with Crippen LogP contribution in [0.2, 0.25) is 0 Å². The Kier molecular flexibility index (Phi) is 3.32. The third-order valence-corrected chi connectivity index (χ3v) is 3.40. The van der Waals surface area contributed by atoms with Gasteiger partial charge in [-0.2, -0.15) is 0 Å². The second kappa shape index (κ2) is 4.74. The molecule has 1 aromatic carbocycles. The van der Waals surface area contributed by atoms with E-state index in [1.807, 2.05) is 12.1 Å². The lowest BCUT2D eigenvalue weighted by atomic mass is 9.93. The molecule has 0 radical (unpaired) electrons. The molecule has 1 aromatic rings. The van der Waals surface area contributed by atoms with Crippen molar-refractivity contribution in [2.45, 2.75) is 39.0 Å². The molecule has 2 N–H and O–H groups in total. The number of amides is 1. The molecular formula is C15H19NO. The first-order valence-corrected chi connectivity index (χ1v) is 6.28. The molecule has 0 heterocycles. The van der Waals surface area contributed by atoms with Crippen LogP contribution in [-0.4, -0.2) is 5.91 Å². The highest BCUT2D eigenvalue weighted by Crippen LogP contribution is 2.33. The van der Waals surface area contributed by atoms with Gasteiger partial charge in [0.25, 0.3) is 0 Å². The standard InChI is InChI=1S/C15H19NO/c1-3-4-5-11-8-13-10(2)6-7-12(13)14(9-11)15(16)17/h6-10H,3-5H2,1-2H3,(H2,16,17). The van der Waals surface area contributed by atoms with Gasteiger partial charge in [0.2, 0.25) is 5.91 Å². The Morgan fingerprint density at radius 2 is 2.18 bits per heavy atom. The molecule has 0 bridgehead atoms. The first kappa shape index (κ1) is 11.9. The van der Waals surface area contributed by atoms with Gasteiger partial charge in [0, 0.05) is 5.56 Å². The van der Waals surface area contributed by atoms with Gasteiger partial charge < -0.3 is 5.73 Å². The quantitative estimate of drug-likeness (QED) is 0.846. The minimum atomic E-state index is -0.321. The van der Waals surface area contributed by atoms with Gasteiger partial charge in [0.1, 0.15) is 0 Å². The summed E-state index contributed by atoms with van der Waals surface area (Å²) in [4.78, 5) is 11.5. The fourth-order valence-electron chi connectivity index (χ4n) is 2.37. The van der Waals surface area contributed by atoms with Crippen LogP contribution in [0.15, 0.2) is 18.2 Å². The Labute approximate surface area is 103 Å². The minimum absolute atomic E-state index is 0.321. The number of unbranched alkanes of at least 4 members (excludes halogenated alkanes) is 1. The minimum Gasteiger partial charge on any atom is -0.366 e. The number of primary amides is 1. The molecule has 1 atom stereocenters. The number of carbonyl (C=O) groups is 1. The predicted molar refractivity (Wildman–Crippen MR) is 71.0 cm³/mol. The summed E-state index contributed by atoms with van der Waals surface area (Å²) >= 11 is 0. The van der Waals surface area contributed by atoms with Crippen LogP contribution in [0.25, 0.3) is 6.08 Å². The van der Waals surface area contributed by atoms with E-state index >= 15 is 0 Å². The number of rotatable bonds is 4. The molecular weight excluding hydrogens is 210 g/mol. The lowest BCUT2D eigenvalue weighted by Gasteiger charge is -2.11.